The molecule has 1 amide bonds. The van der Waals surface area contributed by atoms with Gasteiger partial charge < -0.3 is 5.32 Å². The van der Waals surface area contributed by atoms with E-state index in [4.69, 9.17) is 11.6 Å². The Kier molecular flexibility index (Phi) is 6.50. The van der Waals surface area contributed by atoms with Crippen molar-refractivity contribution in [3.63, 3.8) is 0 Å². The Bertz CT molecular complexity index is 1150. The van der Waals surface area contributed by atoms with Crippen LogP contribution < -0.4 is 10.9 Å². The van der Waals surface area contributed by atoms with Crippen LogP contribution in [0.3, 0.4) is 0 Å². The van der Waals surface area contributed by atoms with Gasteiger partial charge in [0.1, 0.15) is 5.02 Å². The first-order valence-corrected chi connectivity index (χ1v) is 10.1. The number of nitro groups is 1. The van der Waals surface area contributed by atoms with E-state index < -0.39 is 4.92 Å². The van der Waals surface area contributed by atoms with Crippen molar-refractivity contribution < 1.29 is 9.72 Å². The Hall–Kier alpha value is -2.91. The molecule has 0 atom stereocenters. The number of halogens is 1. The van der Waals surface area contributed by atoms with Crippen LogP contribution in [0.15, 0.2) is 52.4 Å². The average Bonchev–Trinajstić information content (AvgIpc) is 2.70. The Labute approximate surface area is 175 Å². The number of anilines is 1. The molecule has 3 rings (SSSR count). The Balaban J connectivity index is 1.79. The highest BCUT2D eigenvalue weighted by molar-refractivity contribution is 7.99. The second kappa shape index (κ2) is 9.06. The highest BCUT2D eigenvalue weighted by Crippen LogP contribution is 2.27. The lowest BCUT2D eigenvalue weighted by Gasteiger charge is -2.12. The van der Waals surface area contributed by atoms with Gasteiger partial charge in [0.05, 0.1) is 21.6 Å². The van der Waals surface area contributed by atoms with Gasteiger partial charge in [0.25, 0.3) is 11.2 Å². The molecule has 0 saturated heterocycles. The summed E-state index contributed by atoms with van der Waals surface area (Å²) in [6, 6.07) is 11.1. The number of nitrogens with zero attached hydrogens (tertiary/aromatic N) is 3. The zero-order chi connectivity index (χ0) is 21.0. The van der Waals surface area contributed by atoms with E-state index in [0.717, 1.165) is 18.2 Å². The van der Waals surface area contributed by atoms with Crippen LogP contribution in [0.25, 0.3) is 10.9 Å². The summed E-state index contributed by atoms with van der Waals surface area (Å²) in [5.41, 5.74) is 0.406. The predicted octanol–water partition coefficient (Wildman–Crippen LogP) is 4.10. The molecule has 1 heterocycles. The lowest BCUT2D eigenvalue weighted by molar-refractivity contribution is -0.384. The molecule has 0 bridgehead atoms. The summed E-state index contributed by atoms with van der Waals surface area (Å²) < 4.78 is 1.56. The number of amides is 1. The van der Waals surface area contributed by atoms with Crippen molar-refractivity contribution in [2.45, 2.75) is 25.0 Å². The van der Waals surface area contributed by atoms with Gasteiger partial charge in [0.15, 0.2) is 5.16 Å². The maximum atomic E-state index is 12.7. The van der Waals surface area contributed by atoms with Crippen molar-refractivity contribution in [2.24, 2.45) is 0 Å². The first kappa shape index (κ1) is 20.8. The van der Waals surface area contributed by atoms with Gasteiger partial charge >= 0.3 is 0 Å². The quantitative estimate of drug-likeness (QED) is 0.260. The summed E-state index contributed by atoms with van der Waals surface area (Å²) in [6.45, 7) is 2.44. The third-order valence-electron chi connectivity index (χ3n) is 4.03. The summed E-state index contributed by atoms with van der Waals surface area (Å²) in [7, 11) is 0. The number of carbonyl (C=O) groups is 1. The summed E-state index contributed by atoms with van der Waals surface area (Å²) in [4.78, 5) is 39.9. The monoisotopic (exact) mass is 432 g/mol. The molecule has 10 heteroatoms. The number of nitro benzene ring substituents is 1. The molecule has 0 aliphatic heterocycles. The molecule has 29 heavy (non-hydrogen) atoms. The van der Waals surface area contributed by atoms with E-state index in [9.17, 15) is 19.7 Å². The maximum Gasteiger partial charge on any atom is 0.289 e. The first-order valence-electron chi connectivity index (χ1n) is 8.77. The van der Waals surface area contributed by atoms with E-state index in [0.29, 0.717) is 22.6 Å². The van der Waals surface area contributed by atoms with Crippen LogP contribution in [0.5, 0.6) is 0 Å². The largest absolute Gasteiger partial charge is 0.325 e. The minimum absolute atomic E-state index is 0.00804. The van der Waals surface area contributed by atoms with Crippen molar-refractivity contribution in [3.05, 3.63) is 68.0 Å². The average molecular weight is 433 g/mol. The zero-order valence-corrected chi connectivity index (χ0v) is 17.0. The summed E-state index contributed by atoms with van der Waals surface area (Å²) >= 11 is 6.92. The van der Waals surface area contributed by atoms with Crippen LogP contribution in [0, 0.1) is 10.1 Å². The van der Waals surface area contributed by atoms with Gasteiger partial charge in [-0.25, -0.2) is 4.98 Å². The fourth-order valence-corrected chi connectivity index (χ4v) is 3.75. The predicted molar refractivity (Wildman–Crippen MR) is 114 cm³/mol. The number of para-hydroxylation sites is 1. The number of thioether (sulfide) groups is 1. The van der Waals surface area contributed by atoms with E-state index in [-0.39, 0.29) is 33.6 Å². The topological polar surface area (TPSA) is 107 Å². The molecule has 0 spiro atoms. The van der Waals surface area contributed by atoms with Crippen LogP contribution in [0.2, 0.25) is 5.02 Å². The van der Waals surface area contributed by atoms with E-state index in [2.05, 4.69) is 10.3 Å². The van der Waals surface area contributed by atoms with Crippen LogP contribution in [-0.4, -0.2) is 26.1 Å². The minimum atomic E-state index is -0.616. The van der Waals surface area contributed by atoms with Crippen molar-refractivity contribution >= 4 is 51.5 Å². The summed E-state index contributed by atoms with van der Waals surface area (Å²) in [5.74, 6) is -0.387. The lowest BCUT2D eigenvalue weighted by atomic mass is 10.2. The van der Waals surface area contributed by atoms with E-state index >= 15 is 0 Å². The Morgan fingerprint density at radius 3 is 2.79 bits per heavy atom. The van der Waals surface area contributed by atoms with Crippen LogP contribution in [-0.2, 0) is 11.3 Å². The van der Waals surface area contributed by atoms with Gasteiger partial charge in [0.2, 0.25) is 5.91 Å². The molecular weight excluding hydrogens is 416 g/mol. The molecule has 0 aliphatic rings. The standard InChI is InChI=1S/C19H17ClN4O4S/c1-2-9-23-18(26)13-5-3-4-6-15(13)22-19(23)29-11-17(25)21-12-7-8-14(20)16(10-12)24(27)28/h3-8,10H,2,9,11H2,1H3,(H,21,25). The number of carbonyl (C=O) groups excluding carboxylic acids is 1. The molecule has 0 aliphatic carbocycles. The molecule has 0 saturated carbocycles. The maximum absolute atomic E-state index is 12.7. The highest BCUT2D eigenvalue weighted by atomic mass is 35.5. The molecule has 2 aromatic carbocycles. The van der Waals surface area contributed by atoms with Crippen LogP contribution in [0.4, 0.5) is 11.4 Å². The molecule has 0 fully saturated rings. The number of hydrogen-bond donors (Lipinski definition) is 1. The van der Waals surface area contributed by atoms with Crippen LogP contribution >= 0.6 is 23.4 Å². The van der Waals surface area contributed by atoms with Gasteiger partial charge in [-0.3, -0.25) is 24.3 Å². The molecular formula is C19H17ClN4O4S. The minimum Gasteiger partial charge on any atom is -0.325 e. The highest BCUT2D eigenvalue weighted by Gasteiger charge is 2.15. The van der Waals surface area contributed by atoms with E-state index in [1.807, 2.05) is 6.92 Å². The third kappa shape index (κ3) is 4.75. The Morgan fingerprint density at radius 2 is 2.07 bits per heavy atom. The van der Waals surface area contributed by atoms with Crippen LogP contribution in [0.1, 0.15) is 13.3 Å². The van der Waals surface area contributed by atoms with Crippen molar-refractivity contribution in [1.29, 1.82) is 0 Å². The third-order valence-corrected chi connectivity index (χ3v) is 5.33. The number of hydrogen-bond acceptors (Lipinski definition) is 6. The van der Waals surface area contributed by atoms with Crippen molar-refractivity contribution in [1.82, 2.24) is 9.55 Å². The number of fused-ring (bicyclic) bond motifs is 1. The fourth-order valence-electron chi connectivity index (χ4n) is 2.74. The summed E-state index contributed by atoms with van der Waals surface area (Å²) in [6.07, 6.45) is 0.744. The SMILES string of the molecule is CCCn1c(SCC(=O)Nc2ccc(Cl)c([N+](=O)[O-])c2)nc2ccccc2c1=O. The lowest BCUT2D eigenvalue weighted by Crippen LogP contribution is -2.24. The second-order valence-electron chi connectivity index (χ2n) is 6.13. The second-order valence-corrected chi connectivity index (χ2v) is 7.48. The van der Waals surface area contributed by atoms with Gasteiger partial charge in [-0.1, -0.05) is 42.4 Å². The normalized spacial score (nSPS) is 10.8. The number of benzene rings is 2. The smallest absolute Gasteiger partial charge is 0.289 e. The molecule has 150 valence electrons. The molecule has 3 aromatic rings. The molecule has 8 nitrogen and oxygen atoms in total. The van der Waals surface area contributed by atoms with Gasteiger partial charge in [0, 0.05) is 18.3 Å². The molecule has 0 unspecified atom stereocenters. The van der Waals surface area contributed by atoms with Gasteiger partial charge in [-0.05, 0) is 30.7 Å². The van der Waals surface area contributed by atoms with Crippen molar-refractivity contribution in [2.75, 3.05) is 11.1 Å². The molecule has 1 aromatic heterocycles. The molecule has 0 radical (unpaired) electrons. The van der Waals surface area contributed by atoms with Gasteiger partial charge in [-0.15, -0.1) is 0 Å². The first-order chi connectivity index (χ1) is 13.9. The van der Waals surface area contributed by atoms with E-state index in [1.54, 1.807) is 28.8 Å². The number of aromatic nitrogens is 2. The number of nitrogens with one attached hydrogen (secondary N) is 1. The van der Waals surface area contributed by atoms with Crippen molar-refractivity contribution in [3.8, 4) is 0 Å². The van der Waals surface area contributed by atoms with E-state index in [1.165, 1.54) is 18.2 Å². The van der Waals surface area contributed by atoms with Gasteiger partial charge in [-0.2, -0.15) is 0 Å². The Morgan fingerprint density at radius 1 is 1.31 bits per heavy atom. The fraction of sp³-hybridized carbons (Fsp3) is 0.211. The molecule has 1 N–H and O–H groups in total. The number of rotatable bonds is 7. The zero-order valence-electron chi connectivity index (χ0n) is 15.4. The summed E-state index contributed by atoms with van der Waals surface area (Å²) in [5, 5.41) is 14.5.